The van der Waals surface area contributed by atoms with Gasteiger partial charge in [-0.15, -0.1) is 0 Å². The van der Waals surface area contributed by atoms with Gasteiger partial charge in [0, 0.05) is 0 Å². The van der Waals surface area contributed by atoms with Crippen LogP contribution in [0.15, 0.2) is 12.7 Å². The van der Waals surface area contributed by atoms with E-state index in [9.17, 15) is 9.59 Å². The Labute approximate surface area is 89.1 Å². The van der Waals surface area contributed by atoms with Crippen LogP contribution in [0.5, 0.6) is 0 Å². The minimum Gasteiger partial charge on any atom is -0.480 e. The number of carboxylic acid groups (broad SMARTS) is 1. The fourth-order valence-electron chi connectivity index (χ4n) is 0.632. The zero-order chi connectivity index (χ0) is 12.3. The third kappa shape index (κ3) is 15.4. The summed E-state index contributed by atoms with van der Waals surface area (Å²) < 4.78 is 0. The maximum absolute atomic E-state index is 10.1. The number of unbranched alkanes of at least 4 members (excludes halogenated alkanes) is 1. The van der Waals surface area contributed by atoms with Gasteiger partial charge in [-0.25, -0.2) is 0 Å². The van der Waals surface area contributed by atoms with Crippen molar-refractivity contribution in [2.45, 2.75) is 25.3 Å². The Hall–Kier alpha value is -1.40. The fraction of sp³-hybridized carbons (Fsp3) is 0.556. The normalized spacial score (nSPS) is 10.8. The van der Waals surface area contributed by atoms with E-state index in [1.54, 1.807) is 0 Å². The maximum Gasteiger partial charge on any atom is 0.320 e. The molecule has 0 radical (unpaired) electrons. The number of carbonyl (C=O) groups is 2. The van der Waals surface area contributed by atoms with Gasteiger partial charge in [-0.1, -0.05) is 13.0 Å². The van der Waals surface area contributed by atoms with Crippen molar-refractivity contribution in [1.82, 2.24) is 0 Å². The lowest BCUT2D eigenvalue weighted by molar-refractivity contribution is -0.138. The molecule has 0 aliphatic carbocycles. The molecule has 0 aromatic rings. The molecule has 0 saturated heterocycles. The summed E-state index contributed by atoms with van der Waals surface area (Å²) >= 11 is 0. The van der Waals surface area contributed by atoms with Crippen molar-refractivity contribution in [3.8, 4) is 0 Å². The van der Waals surface area contributed by atoms with Crippen LogP contribution in [0.4, 0.5) is 0 Å². The van der Waals surface area contributed by atoms with E-state index in [0.717, 1.165) is 18.9 Å². The van der Waals surface area contributed by atoms with E-state index < -0.39 is 17.9 Å². The highest BCUT2D eigenvalue weighted by molar-refractivity contribution is 5.84. The molecule has 88 valence electrons. The molecule has 0 fully saturated rings. The Bertz CT molecular complexity index is 207. The zero-order valence-corrected chi connectivity index (χ0v) is 8.69. The molecular formula is C9H19N3O3. The molecule has 0 heterocycles. The van der Waals surface area contributed by atoms with Crippen LogP contribution in [0.2, 0.25) is 0 Å². The summed E-state index contributed by atoms with van der Waals surface area (Å²) in [6.45, 7) is 3.69. The number of hydrogen-bond acceptors (Lipinski definition) is 4. The lowest BCUT2D eigenvalue weighted by Crippen LogP contribution is -2.29. The lowest BCUT2D eigenvalue weighted by atomic mass is 10.1. The first-order chi connectivity index (χ1) is 6.95. The van der Waals surface area contributed by atoms with Crippen LogP contribution in [0.3, 0.4) is 0 Å². The second-order valence-corrected chi connectivity index (χ2v) is 2.84. The summed E-state index contributed by atoms with van der Waals surface area (Å²) in [6, 6.07) is -0.716. The van der Waals surface area contributed by atoms with Crippen LogP contribution in [0.1, 0.15) is 19.3 Å². The predicted molar refractivity (Wildman–Crippen MR) is 57.9 cm³/mol. The molecule has 7 N–H and O–H groups in total. The molecule has 1 atom stereocenters. The van der Waals surface area contributed by atoms with E-state index in [1.165, 1.54) is 0 Å². The highest BCUT2D eigenvalue weighted by atomic mass is 16.4. The Morgan fingerprint density at radius 2 is 1.87 bits per heavy atom. The van der Waals surface area contributed by atoms with Gasteiger partial charge in [-0.2, -0.15) is 0 Å². The third-order valence-electron chi connectivity index (χ3n) is 1.49. The van der Waals surface area contributed by atoms with Gasteiger partial charge in [0.2, 0.25) is 5.91 Å². The second kappa shape index (κ2) is 10.7. The van der Waals surface area contributed by atoms with Gasteiger partial charge in [0.1, 0.15) is 6.04 Å². The third-order valence-corrected chi connectivity index (χ3v) is 1.49. The Morgan fingerprint density at radius 1 is 1.40 bits per heavy atom. The van der Waals surface area contributed by atoms with E-state index in [4.69, 9.17) is 16.6 Å². The van der Waals surface area contributed by atoms with Crippen molar-refractivity contribution < 1.29 is 14.7 Å². The van der Waals surface area contributed by atoms with Crippen LogP contribution in [-0.2, 0) is 9.59 Å². The standard InChI is InChI=1S/C6H14N2O2.C3H5NO/c7-4-2-1-3-5(8)6(9)10;1-2-3(4)5/h5H,1-4,7-8H2,(H,9,10);2H,1H2,(H2,4,5). The quantitative estimate of drug-likeness (QED) is 0.341. The zero-order valence-electron chi connectivity index (χ0n) is 8.69. The minimum absolute atomic E-state index is 0.481. The number of carboxylic acids is 1. The summed E-state index contributed by atoms with van der Waals surface area (Å²) in [6.07, 6.45) is 3.22. The maximum atomic E-state index is 10.1. The van der Waals surface area contributed by atoms with Crippen molar-refractivity contribution in [3.05, 3.63) is 12.7 Å². The minimum atomic E-state index is -0.933. The van der Waals surface area contributed by atoms with Crippen molar-refractivity contribution in [1.29, 1.82) is 0 Å². The van der Waals surface area contributed by atoms with Crippen molar-refractivity contribution in [2.24, 2.45) is 17.2 Å². The number of aliphatic carboxylic acids is 1. The Kier molecular flexibility index (Phi) is 11.4. The SMILES string of the molecule is C=CC(N)=O.NCCCCC(N)C(=O)O. The molecule has 0 aliphatic heterocycles. The largest absolute Gasteiger partial charge is 0.480 e. The summed E-state index contributed by atoms with van der Waals surface area (Å²) in [4.78, 5) is 19.6. The van der Waals surface area contributed by atoms with Gasteiger partial charge >= 0.3 is 5.97 Å². The van der Waals surface area contributed by atoms with E-state index >= 15 is 0 Å². The van der Waals surface area contributed by atoms with Crippen molar-refractivity contribution in [3.63, 3.8) is 0 Å². The number of carbonyl (C=O) groups excluding carboxylic acids is 1. The summed E-state index contributed by atoms with van der Waals surface area (Å²) in [7, 11) is 0. The van der Waals surface area contributed by atoms with E-state index in [-0.39, 0.29) is 0 Å². The summed E-state index contributed by atoms with van der Waals surface area (Å²) in [5.41, 5.74) is 15.0. The van der Waals surface area contributed by atoms with E-state index in [2.05, 4.69) is 12.3 Å². The molecule has 0 bridgehead atoms. The van der Waals surface area contributed by atoms with Crippen LogP contribution in [-0.4, -0.2) is 29.6 Å². The van der Waals surface area contributed by atoms with Crippen molar-refractivity contribution >= 4 is 11.9 Å². The number of primary amides is 1. The molecule has 15 heavy (non-hydrogen) atoms. The van der Waals surface area contributed by atoms with Gasteiger partial charge < -0.3 is 22.3 Å². The number of nitrogens with two attached hydrogens (primary N) is 3. The highest BCUT2D eigenvalue weighted by Gasteiger charge is 2.09. The molecule has 0 aromatic carbocycles. The van der Waals surface area contributed by atoms with Crippen molar-refractivity contribution in [2.75, 3.05) is 6.54 Å². The molecule has 0 saturated carbocycles. The smallest absolute Gasteiger partial charge is 0.320 e. The lowest BCUT2D eigenvalue weighted by Gasteiger charge is -2.03. The average molecular weight is 217 g/mol. The number of amides is 1. The molecule has 0 aliphatic rings. The summed E-state index contributed by atoms with van der Waals surface area (Å²) in [5, 5.41) is 8.33. The first-order valence-corrected chi connectivity index (χ1v) is 4.56. The monoisotopic (exact) mass is 217 g/mol. The van der Waals surface area contributed by atoms with E-state index in [0.29, 0.717) is 13.0 Å². The molecule has 1 amide bonds. The Morgan fingerprint density at radius 3 is 2.13 bits per heavy atom. The molecule has 6 nitrogen and oxygen atoms in total. The van der Waals surface area contributed by atoms with Crippen LogP contribution >= 0.6 is 0 Å². The van der Waals surface area contributed by atoms with Gasteiger partial charge in [0.25, 0.3) is 0 Å². The summed E-state index contributed by atoms with van der Waals surface area (Å²) in [5.74, 6) is -1.41. The fourth-order valence-corrected chi connectivity index (χ4v) is 0.632. The average Bonchev–Trinajstić information content (AvgIpc) is 2.18. The van der Waals surface area contributed by atoms with Crippen LogP contribution in [0.25, 0.3) is 0 Å². The molecule has 1 unspecified atom stereocenters. The number of hydrogen-bond donors (Lipinski definition) is 4. The van der Waals surface area contributed by atoms with Crippen LogP contribution in [0, 0.1) is 0 Å². The van der Waals surface area contributed by atoms with Gasteiger partial charge in [-0.3, -0.25) is 9.59 Å². The first kappa shape index (κ1) is 16.0. The predicted octanol–water partition coefficient (Wildman–Crippen LogP) is -0.815. The molecule has 6 heteroatoms. The van der Waals surface area contributed by atoms with Gasteiger partial charge in [0.15, 0.2) is 0 Å². The molecular weight excluding hydrogens is 198 g/mol. The second-order valence-electron chi connectivity index (χ2n) is 2.84. The molecule has 0 rings (SSSR count). The Balaban J connectivity index is 0. The van der Waals surface area contributed by atoms with E-state index in [1.807, 2.05) is 0 Å². The van der Waals surface area contributed by atoms with Gasteiger partial charge in [-0.05, 0) is 25.5 Å². The molecule has 0 aromatic heterocycles. The van der Waals surface area contributed by atoms with Gasteiger partial charge in [0.05, 0.1) is 0 Å². The number of rotatable bonds is 6. The topological polar surface area (TPSA) is 132 Å². The first-order valence-electron chi connectivity index (χ1n) is 4.56. The highest BCUT2D eigenvalue weighted by Crippen LogP contribution is 1.96. The van der Waals surface area contributed by atoms with Crippen LogP contribution < -0.4 is 17.2 Å². The molecule has 0 spiro atoms.